The van der Waals surface area contributed by atoms with E-state index < -0.39 is 0 Å². The van der Waals surface area contributed by atoms with E-state index in [0.29, 0.717) is 18.7 Å². The van der Waals surface area contributed by atoms with E-state index in [1.54, 1.807) is 0 Å². The highest BCUT2D eigenvalue weighted by Crippen LogP contribution is 2.28. The number of rotatable bonds is 9. The number of primary amides is 1. The summed E-state index contributed by atoms with van der Waals surface area (Å²) in [6.07, 6.45) is 2.87. The summed E-state index contributed by atoms with van der Waals surface area (Å²) in [5.41, 5.74) is 5.91. The van der Waals surface area contributed by atoms with E-state index in [-0.39, 0.29) is 11.8 Å². The molecular formula is C15H21N3O2S. The Morgan fingerprint density at radius 1 is 1.29 bits per heavy atom. The highest BCUT2D eigenvalue weighted by molar-refractivity contribution is 7.99. The van der Waals surface area contributed by atoms with Gasteiger partial charge in [0.05, 0.1) is 12.2 Å². The molecule has 5 nitrogen and oxygen atoms in total. The fourth-order valence-electron chi connectivity index (χ4n) is 1.86. The number of nitrogens with one attached hydrogen (secondary N) is 2. The lowest BCUT2D eigenvalue weighted by molar-refractivity contribution is -0.117. The molecule has 0 saturated heterocycles. The van der Waals surface area contributed by atoms with Crippen LogP contribution in [-0.4, -0.2) is 30.7 Å². The third-order valence-corrected chi connectivity index (χ3v) is 4.26. The van der Waals surface area contributed by atoms with E-state index in [0.717, 1.165) is 23.0 Å². The standard InChI is InChI=1S/C15H21N3O2S/c16-14(19)7-8-21-13-4-2-1-3-12(13)18-15(20)10-17-9-11-5-6-11/h1-4,11,17H,5-10H2,(H2,16,19)(H,18,20). The zero-order valence-electron chi connectivity index (χ0n) is 11.9. The zero-order chi connectivity index (χ0) is 15.1. The maximum atomic E-state index is 11.9. The van der Waals surface area contributed by atoms with Crippen LogP contribution in [0.1, 0.15) is 19.3 Å². The first-order chi connectivity index (χ1) is 10.1. The van der Waals surface area contributed by atoms with Crippen molar-refractivity contribution in [3.8, 4) is 0 Å². The van der Waals surface area contributed by atoms with Crippen LogP contribution in [0.4, 0.5) is 5.69 Å². The molecule has 114 valence electrons. The van der Waals surface area contributed by atoms with E-state index in [1.165, 1.54) is 24.6 Å². The van der Waals surface area contributed by atoms with Gasteiger partial charge in [0.2, 0.25) is 11.8 Å². The lowest BCUT2D eigenvalue weighted by Gasteiger charge is -2.11. The van der Waals surface area contributed by atoms with Gasteiger partial charge in [-0.1, -0.05) is 12.1 Å². The minimum Gasteiger partial charge on any atom is -0.370 e. The number of carbonyl (C=O) groups is 2. The number of para-hydroxylation sites is 1. The second kappa shape index (κ2) is 8.05. The van der Waals surface area contributed by atoms with E-state index in [4.69, 9.17) is 5.73 Å². The molecule has 0 unspecified atom stereocenters. The number of benzene rings is 1. The quantitative estimate of drug-likeness (QED) is 0.605. The van der Waals surface area contributed by atoms with Gasteiger partial charge in [-0.25, -0.2) is 0 Å². The molecule has 0 aliphatic heterocycles. The molecule has 2 rings (SSSR count). The summed E-state index contributed by atoms with van der Waals surface area (Å²) in [7, 11) is 0. The van der Waals surface area contributed by atoms with Crippen LogP contribution in [0.5, 0.6) is 0 Å². The predicted octanol–water partition coefficient (Wildman–Crippen LogP) is 1.59. The molecule has 21 heavy (non-hydrogen) atoms. The molecule has 1 aromatic carbocycles. The van der Waals surface area contributed by atoms with Crippen LogP contribution in [0.2, 0.25) is 0 Å². The van der Waals surface area contributed by atoms with Gasteiger partial charge in [0.15, 0.2) is 0 Å². The van der Waals surface area contributed by atoms with Crippen molar-refractivity contribution in [3.05, 3.63) is 24.3 Å². The predicted molar refractivity (Wildman–Crippen MR) is 85.2 cm³/mol. The van der Waals surface area contributed by atoms with Gasteiger partial charge >= 0.3 is 0 Å². The van der Waals surface area contributed by atoms with Crippen molar-refractivity contribution in [3.63, 3.8) is 0 Å². The Kier molecular flexibility index (Phi) is 6.07. The van der Waals surface area contributed by atoms with Gasteiger partial charge in [0.25, 0.3) is 0 Å². The van der Waals surface area contributed by atoms with Crippen molar-refractivity contribution in [2.24, 2.45) is 11.7 Å². The van der Waals surface area contributed by atoms with Crippen molar-refractivity contribution in [2.45, 2.75) is 24.2 Å². The lowest BCUT2D eigenvalue weighted by atomic mass is 10.3. The van der Waals surface area contributed by atoms with Crippen LogP contribution >= 0.6 is 11.8 Å². The lowest BCUT2D eigenvalue weighted by Crippen LogP contribution is -2.29. The van der Waals surface area contributed by atoms with Gasteiger partial charge in [0, 0.05) is 17.1 Å². The summed E-state index contributed by atoms with van der Waals surface area (Å²) in [6.45, 7) is 1.25. The van der Waals surface area contributed by atoms with Crippen molar-refractivity contribution in [2.75, 3.05) is 24.2 Å². The molecule has 1 aromatic rings. The van der Waals surface area contributed by atoms with Crippen LogP contribution in [0, 0.1) is 5.92 Å². The van der Waals surface area contributed by atoms with Crippen molar-refractivity contribution < 1.29 is 9.59 Å². The topological polar surface area (TPSA) is 84.2 Å². The Bertz CT molecular complexity index is 503. The van der Waals surface area contributed by atoms with Gasteiger partial charge in [-0.3, -0.25) is 9.59 Å². The SMILES string of the molecule is NC(=O)CCSc1ccccc1NC(=O)CNCC1CC1. The van der Waals surface area contributed by atoms with Crippen LogP contribution in [0.3, 0.4) is 0 Å². The molecule has 1 aliphatic carbocycles. The van der Waals surface area contributed by atoms with Gasteiger partial charge in [-0.2, -0.15) is 0 Å². The second-order valence-corrected chi connectivity index (χ2v) is 6.32. The van der Waals surface area contributed by atoms with E-state index in [1.807, 2.05) is 24.3 Å². The number of anilines is 1. The number of hydrogen-bond acceptors (Lipinski definition) is 4. The molecule has 4 N–H and O–H groups in total. The Hall–Kier alpha value is -1.53. The normalized spacial score (nSPS) is 13.9. The number of nitrogens with two attached hydrogens (primary N) is 1. The Labute approximate surface area is 129 Å². The Balaban J connectivity index is 1.79. The van der Waals surface area contributed by atoms with Crippen LogP contribution in [0.15, 0.2) is 29.2 Å². The summed E-state index contributed by atoms with van der Waals surface area (Å²) in [6, 6.07) is 7.59. The molecule has 0 spiro atoms. The van der Waals surface area contributed by atoms with Crippen LogP contribution < -0.4 is 16.4 Å². The fourth-order valence-corrected chi connectivity index (χ4v) is 2.84. The van der Waals surface area contributed by atoms with Gasteiger partial charge in [-0.15, -0.1) is 11.8 Å². The Morgan fingerprint density at radius 3 is 2.76 bits per heavy atom. The van der Waals surface area contributed by atoms with Crippen molar-refractivity contribution in [1.82, 2.24) is 5.32 Å². The van der Waals surface area contributed by atoms with E-state index in [9.17, 15) is 9.59 Å². The van der Waals surface area contributed by atoms with E-state index >= 15 is 0 Å². The smallest absolute Gasteiger partial charge is 0.238 e. The monoisotopic (exact) mass is 307 g/mol. The molecule has 0 heterocycles. The summed E-state index contributed by atoms with van der Waals surface area (Å²) in [4.78, 5) is 23.6. The van der Waals surface area contributed by atoms with Gasteiger partial charge in [0.1, 0.15) is 0 Å². The second-order valence-electron chi connectivity index (χ2n) is 5.18. The summed E-state index contributed by atoms with van der Waals surface area (Å²) in [5, 5.41) is 6.07. The molecule has 2 amide bonds. The van der Waals surface area contributed by atoms with Crippen molar-refractivity contribution in [1.29, 1.82) is 0 Å². The fraction of sp³-hybridized carbons (Fsp3) is 0.467. The minimum atomic E-state index is -0.312. The number of hydrogen-bond donors (Lipinski definition) is 3. The van der Waals surface area contributed by atoms with E-state index in [2.05, 4.69) is 10.6 Å². The zero-order valence-corrected chi connectivity index (χ0v) is 12.7. The number of carbonyl (C=O) groups excluding carboxylic acids is 2. The third-order valence-electron chi connectivity index (χ3n) is 3.18. The molecule has 0 aromatic heterocycles. The van der Waals surface area contributed by atoms with Crippen LogP contribution in [0.25, 0.3) is 0 Å². The molecule has 6 heteroatoms. The van der Waals surface area contributed by atoms with Gasteiger partial charge in [-0.05, 0) is 37.4 Å². The average molecular weight is 307 g/mol. The first-order valence-corrected chi connectivity index (χ1v) is 8.14. The average Bonchev–Trinajstić information content (AvgIpc) is 3.24. The molecular weight excluding hydrogens is 286 g/mol. The highest BCUT2D eigenvalue weighted by atomic mass is 32.2. The van der Waals surface area contributed by atoms with Gasteiger partial charge < -0.3 is 16.4 Å². The Morgan fingerprint density at radius 2 is 2.05 bits per heavy atom. The summed E-state index contributed by atoms with van der Waals surface area (Å²) >= 11 is 1.52. The minimum absolute atomic E-state index is 0.0430. The third kappa shape index (κ3) is 6.18. The largest absolute Gasteiger partial charge is 0.370 e. The molecule has 1 fully saturated rings. The number of thioether (sulfide) groups is 1. The van der Waals surface area contributed by atoms with Crippen LogP contribution in [-0.2, 0) is 9.59 Å². The first-order valence-electron chi connectivity index (χ1n) is 7.16. The molecule has 0 bridgehead atoms. The first kappa shape index (κ1) is 15.9. The summed E-state index contributed by atoms with van der Waals surface area (Å²) in [5.74, 6) is 1.02. The van der Waals surface area contributed by atoms with Crippen molar-refractivity contribution >= 4 is 29.3 Å². The molecule has 0 radical (unpaired) electrons. The molecule has 1 aliphatic rings. The maximum absolute atomic E-state index is 11.9. The molecule has 1 saturated carbocycles. The highest BCUT2D eigenvalue weighted by Gasteiger charge is 2.20. The molecule has 0 atom stereocenters. The number of amides is 2. The summed E-state index contributed by atoms with van der Waals surface area (Å²) < 4.78 is 0. The maximum Gasteiger partial charge on any atom is 0.238 e.